The predicted molar refractivity (Wildman–Crippen MR) is 108 cm³/mol. The number of benzene rings is 1. The van der Waals surface area contributed by atoms with E-state index in [1.165, 1.54) is 13.4 Å². The molecular weight excluding hydrogens is 392 g/mol. The topological polar surface area (TPSA) is 149 Å². The van der Waals surface area contributed by atoms with Gasteiger partial charge >= 0.3 is 5.69 Å². The third-order valence-electron chi connectivity index (χ3n) is 4.10. The minimum atomic E-state index is -0.615. The molecule has 0 spiro atoms. The molecule has 0 saturated carbocycles. The van der Waals surface area contributed by atoms with Gasteiger partial charge in [0.25, 0.3) is 5.91 Å². The second-order valence-corrected chi connectivity index (χ2v) is 6.04. The molecule has 3 rings (SSSR count). The number of hydrogen-bond donors (Lipinski definition) is 3. The lowest BCUT2D eigenvalue weighted by Gasteiger charge is -2.12. The van der Waals surface area contributed by atoms with Gasteiger partial charge in [-0.05, 0) is 18.6 Å². The summed E-state index contributed by atoms with van der Waals surface area (Å²) >= 11 is 0. The summed E-state index contributed by atoms with van der Waals surface area (Å²) in [5.74, 6) is -0.255. The molecule has 0 radical (unpaired) electrons. The van der Waals surface area contributed by atoms with Crippen molar-refractivity contribution in [2.45, 2.75) is 13.0 Å². The van der Waals surface area contributed by atoms with E-state index in [0.717, 1.165) is 0 Å². The number of imidazole rings is 1. The number of amides is 1. The SMILES string of the molecule is COc1ccccc1C(=O)NNc1ncnc(NCCCn2ccnc2)c1[N+](=O)[O-]. The average molecular weight is 412 g/mol. The Morgan fingerprint density at radius 3 is 2.80 bits per heavy atom. The normalized spacial score (nSPS) is 10.3. The molecule has 0 unspecified atom stereocenters. The number of hydrazine groups is 1. The van der Waals surface area contributed by atoms with Crippen LogP contribution in [0.1, 0.15) is 16.8 Å². The molecule has 0 fully saturated rings. The number of carbonyl (C=O) groups is 1. The van der Waals surface area contributed by atoms with Crippen LogP contribution in [-0.2, 0) is 6.54 Å². The van der Waals surface area contributed by atoms with E-state index >= 15 is 0 Å². The van der Waals surface area contributed by atoms with Crippen molar-refractivity contribution >= 4 is 23.2 Å². The Balaban J connectivity index is 1.66. The number of nitro groups is 1. The second-order valence-electron chi connectivity index (χ2n) is 6.04. The first kappa shape index (κ1) is 20.5. The first-order valence-electron chi connectivity index (χ1n) is 8.98. The molecule has 0 aliphatic rings. The number of aromatic nitrogens is 4. The maximum Gasteiger partial charge on any atom is 0.354 e. The van der Waals surface area contributed by atoms with Gasteiger partial charge in [0.05, 0.1) is 23.9 Å². The highest BCUT2D eigenvalue weighted by atomic mass is 16.6. The number of aryl methyl sites for hydroxylation is 1. The zero-order valence-electron chi connectivity index (χ0n) is 16.1. The zero-order chi connectivity index (χ0) is 21.3. The predicted octanol–water partition coefficient (Wildman–Crippen LogP) is 1.85. The molecule has 30 heavy (non-hydrogen) atoms. The van der Waals surface area contributed by atoms with E-state index in [0.29, 0.717) is 25.3 Å². The summed E-state index contributed by atoms with van der Waals surface area (Å²) < 4.78 is 7.04. The van der Waals surface area contributed by atoms with E-state index in [1.807, 2.05) is 10.8 Å². The molecule has 12 nitrogen and oxygen atoms in total. The third kappa shape index (κ3) is 4.98. The van der Waals surface area contributed by atoms with Gasteiger partial charge in [-0.25, -0.2) is 15.0 Å². The number of para-hydroxylation sites is 1. The van der Waals surface area contributed by atoms with Crippen LogP contribution in [-0.4, -0.2) is 44.0 Å². The number of rotatable bonds is 10. The van der Waals surface area contributed by atoms with E-state index in [2.05, 4.69) is 31.1 Å². The van der Waals surface area contributed by atoms with Crippen molar-refractivity contribution in [3.05, 3.63) is 65.0 Å². The standard InChI is InChI=1S/C18H20N8O4/c1-30-14-6-3-2-5-13(14)18(27)24-23-17-15(26(28)29)16(21-11-22-17)20-7-4-9-25-10-8-19-12-25/h2-3,5-6,8,10-12H,4,7,9H2,1H3,(H,24,27)(H2,20,21,22,23). The molecule has 1 amide bonds. The van der Waals surface area contributed by atoms with Crippen molar-refractivity contribution in [1.82, 2.24) is 24.9 Å². The fraction of sp³-hybridized carbons (Fsp3) is 0.222. The number of carbonyl (C=O) groups excluding carboxylic acids is 1. The molecule has 1 aromatic carbocycles. The quantitative estimate of drug-likeness (QED) is 0.257. The lowest BCUT2D eigenvalue weighted by Crippen LogP contribution is -2.30. The van der Waals surface area contributed by atoms with Crippen LogP contribution in [0.5, 0.6) is 5.75 Å². The number of anilines is 2. The van der Waals surface area contributed by atoms with E-state index in [4.69, 9.17) is 4.74 Å². The lowest BCUT2D eigenvalue weighted by atomic mass is 10.2. The van der Waals surface area contributed by atoms with Gasteiger partial charge in [0.1, 0.15) is 12.1 Å². The number of ether oxygens (including phenoxy) is 1. The van der Waals surface area contributed by atoms with Crippen molar-refractivity contribution in [2.75, 3.05) is 24.4 Å². The van der Waals surface area contributed by atoms with Crippen LogP contribution in [0.25, 0.3) is 0 Å². The summed E-state index contributed by atoms with van der Waals surface area (Å²) in [5, 5.41) is 14.5. The van der Waals surface area contributed by atoms with Gasteiger partial charge in [-0.1, -0.05) is 12.1 Å². The second kappa shape index (κ2) is 9.82. The van der Waals surface area contributed by atoms with Crippen LogP contribution in [0.4, 0.5) is 17.3 Å². The molecule has 156 valence electrons. The molecule has 0 saturated heterocycles. The zero-order valence-corrected chi connectivity index (χ0v) is 16.1. The molecule has 0 atom stereocenters. The minimum absolute atomic E-state index is 0.0506. The highest BCUT2D eigenvalue weighted by Crippen LogP contribution is 2.28. The molecular formula is C18H20N8O4. The van der Waals surface area contributed by atoms with E-state index in [-0.39, 0.29) is 22.9 Å². The molecule has 12 heteroatoms. The largest absolute Gasteiger partial charge is 0.496 e. The summed E-state index contributed by atoms with van der Waals surface area (Å²) in [6.07, 6.45) is 7.08. The molecule has 0 aliphatic heterocycles. The van der Waals surface area contributed by atoms with Gasteiger partial charge in [-0.15, -0.1) is 0 Å². The fourth-order valence-corrected chi connectivity index (χ4v) is 2.68. The maximum atomic E-state index is 12.4. The highest BCUT2D eigenvalue weighted by Gasteiger charge is 2.23. The summed E-state index contributed by atoms with van der Waals surface area (Å²) in [6.45, 7) is 1.15. The summed E-state index contributed by atoms with van der Waals surface area (Å²) in [5.41, 5.74) is 4.78. The smallest absolute Gasteiger partial charge is 0.354 e. The summed E-state index contributed by atoms with van der Waals surface area (Å²) in [6, 6.07) is 6.60. The van der Waals surface area contributed by atoms with Crippen LogP contribution < -0.4 is 20.9 Å². The van der Waals surface area contributed by atoms with E-state index in [1.54, 1.807) is 36.8 Å². The maximum absolute atomic E-state index is 12.4. The van der Waals surface area contributed by atoms with Crippen LogP contribution >= 0.6 is 0 Å². The van der Waals surface area contributed by atoms with Crippen molar-refractivity contribution in [2.24, 2.45) is 0 Å². The van der Waals surface area contributed by atoms with Crippen molar-refractivity contribution < 1.29 is 14.5 Å². The Morgan fingerprint density at radius 2 is 2.07 bits per heavy atom. The van der Waals surface area contributed by atoms with Gasteiger partial charge in [-0.2, -0.15) is 0 Å². The minimum Gasteiger partial charge on any atom is -0.496 e. The highest BCUT2D eigenvalue weighted by molar-refractivity contribution is 5.97. The van der Waals surface area contributed by atoms with E-state index < -0.39 is 10.8 Å². The Labute approximate surface area is 171 Å². The lowest BCUT2D eigenvalue weighted by molar-refractivity contribution is -0.383. The Kier molecular flexibility index (Phi) is 6.71. The number of methoxy groups -OCH3 is 1. The van der Waals surface area contributed by atoms with Crippen LogP contribution in [0, 0.1) is 10.1 Å². The van der Waals surface area contributed by atoms with Crippen molar-refractivity contribution in [3.8, 4) is 5.75 Å². The third-order valence-corrected chi connectivity index (χ3v) is 4.10. The van der Waals surface area contributed by atoms with Crippen molar-refractivity contribution in [3.63, 3.8) is 0 Å². The first-order chi connectivity index (χ1) is 14.6. The number of nitrogens with zero attached hydrogens (tertiary/aromatic N) is 5. The molecule has 0 aliphatic carbocycles. The molecule has 0 bridgehead atoms. The van der Waals surface area contributed by atoms with Gasteiger partial charge in [-0.3, -0.25) is 25.8 Å². The van der Waals surface area contributed by atoms with Gasteiger partial charge in [0.15, 0.2) is 0 Å². The Hall–Kier alpha value is -4.22. The van der Waals surface area contributed by atoms with Gasteiger partial charge in [0, 0.05) is 25.5 Å². The van der Waals surface area contributed by atoms with Gasteiger partial charge < -0.3 is 14.6 Å². The number of hydrogen-bond acceptors (Lipinski definition) is 9. The molecule has 2 aromatic heterocycles. The monoisotopic (exact) mass is 412 g/mol. The Bertz CT molecular complexity index is 1010. The molecule has 3 aromatic rings. The molecule has 3 N–H and O–H groups in total. The average Bonchev–Trinajstić information content (AvgIpc) is 3.28. The first-order valence-corrected chi connectivity index (χ1v) is 8.98. The van der Waals surface area contributed by atoms with Gasteiger partial charge in [0.2, 0.25) is 11.6 Å². The van der Waals surface area contributed by atoms with E-state index in [9.17, 15) is 14.9 Å². The van der Waals surface area contributed by atoms with Crippen LogP contribution in [0.2, 0.25) is 0 Å². The Morgan fingerprint density at radius 1 is 1.27 bits per heavy atom. The number of nitrogens with one attached hydrogen (secondary N) is 3. The van der Waals surface area contributed by atoms with Crippen molar-refractivity contribution in [1.29, 1.82) is 0 Å². The molecule has 2 heterocycles. The van der Waals surface area contributed by atoms with Crippen LogP contribution in [0.3, 0.4) is 0 Å². The summed E-state index contributed by atoms with van der Waals surface area (Å²) in [7, 11) is 1.44. The fourth-order valence-electron chi connectivity index (χ4n) is 2.68. The van der Waals surface area contributed by atoms with Crippen LogP contribution in [0.15, 0.2) is 49.3 Å². The summed E-state index contributed by atoms with van der Waals surface area (Å²) in [4.78, 5) is 35.1.